The van der Waals surface area contributed by atoms with Gasteiger partial charge in [-0.2, -0.15) is 0 Å². The van der Waals surface area contributed by atoms with E-state index in [-0.39, 0.29) is 11.8 Å². The molecule has 1 fully saturated rings. The normalized spacial score (nSPS) is 19.1. The molecule has 0 aromatic heterocycles. The molecule has 0 aliphatic carbocycles. The van der Waals surface area contributed by atoms with E-state index in [9.17, 15) is 19.2 Å². The van der Waals surface area contributed by atoms with Gasteiger partial charge in [0.05, 0.1) is 13.2 Å². The molecule has 0 atom stereocenters. The van der Waals surface area contributed by atoms with Crippen LogP contribution in [0.15, 0.2) is 24.3 Å². The third-order valence-electron chi connectivity index (χ3n) is 5.79. The van der Waals surface area contributed by atoms with E-state index in [1.165, 1.54) is 4.90 Å². The Morgan fingerprint density at radius 3 is 1.86 bits per heavy atom. The van der Waals surface area contributed by atoms with Gasteiger partial charge in [0.1, 0.15) is 0 Å². The molecule has 29 heavy (non-hydrogen) atoms. The number of nitrogens with one attached hydrogen (secondary N) is 1. The topological polar surface area (TPSA) is 96.0 Å². The minimum absolute atomic E-state index is 0.307. The standard InChI is InChI=1S/C21H19N3O5/c25-18-12-2-4-14-17-15(5-3-13(16(12)17)19(26)22-18)21(28)24(20(14)27)7-1-6-23-8-10-29-11-9-23/h2-5H,1,6-11H2,(H,22,25,26). The Labute approximate surface area is 166 Å². The lowest BCUT2D eigenvalue weighted by Gasteiger charge is -2.31. The lowest BCUT2D eigenvalue weighted by Crippen LogP contribution is -2.43. The van der Waals surface area contributed by atoms with Crippen molar-refractivity contribution in [3.05, 3.63) is 46.5 Å². The van der Waals surface area contributed by atoms with E-state index in [2.05, 4.69) is 10.2 Å². The van der Waals surface area contributed by atoms with Crippen LogP contribution < -0.4 is 5.32 Å². The second-order valence-electron chi connectivity index (χ2n) is 7.42. The number of carbonyl (C=O) groups is 4. The highest BCUT2D eigenvalue weighted by molar-refractivity contribution is 6.33. The molecule has 8 heteroatoms. The largest absolute Gasteiger partial charge is 0.379 e. The van der Waals surface area contributed by atoms with Crippen molar-refractivity contribution in [2.24, 2.45) is 0 Å². The Bertz CT molecular complexity index is 1020. The zero-order valence-electron chi connectivity index (χ0n) is 15.7. The molecule has 1 N–H and O–H groups in total. The highest BCUT2D eigenvalue weighted by atomic mass is 16.5. The van der Waals surface area contributed by atoms with E-state index in [4.69, 9.17) is 4.74 Å². The molecule has 1 saturated heterocycles. The molecule has 0 bridgehead atoms. The summed E-state index contributed by atoms with van der Waals surface area (Å²) in [5.41, 5.74) is 1.33. The number of rotatable bonds is 4. The Morgan fingerprint density at radius 1 is 0.759 bits per heavy atom. The third-order valence-corrected chi connectivity index (χ3v) is 5.79. The predicted octanol–water partition coefficient (Wildman–Crippen LogP) is 1.04. The number of carbonyl (C=O) groups excluding carboxylic acids is 4. The highest BCUT2D eigenvalue weighted by Crippen LogP contribution is 2.36. The number of amides is 4. The maximum atomic E-state index is 13.1. The number of hydrogen-bond acceptors (Lipinski definition) is 6. The summed E-state index contributed by atoms with van der Waals surface area (Å²) in [5.74, 6) is -1.80. The van der Waals surface area contributed by atoms with Crippen LogP contribution in [-0.2, 0) is 4.74 Å². The molecule has 2 aromatic rings. The first-order chi connectivity index (χ1) is 14.1. The summed E-state index contributed by atoms with van der Waals surface area (Å²) in [6.07, 6.45) is 0.674. The monoisotopic (exact) mass is 393 g/mol. The maximum absolute atomic E-state index is 13.1. The van der Waals surface area contributed by atoms with Gasteiger partial charge in [-0.25, -0.2) is 0 Å². The van der Waals surface area contributed by atoms with Gasteiger partial charge in [-0.3, -0.25) is 34.3 Å². The summed E-state index contributed by atoms with van der Waals surface area (Å²) < 4.78 is 5.34. The summed E-state index contributed by atoms with van der Waals surface area (Å²) in [7, 11) is 0. The number of hydrogen-bond donors (Lipinski definition) is 1. The fourth-order valence-corrected chi connectivity index (χ4v) is 4.33. The lowest BCUT2D eigenvalue weighted by molar-refractivity contribution is 0.0352. The van der Waals surface area contributed by atoms with Gasteiger partial charge in [0.15, 0.2) is 0 Å². The van der Waals surface area contributed by atoms with Crippen molar-refractivity contribution in [2.45, 2.75) is 6.42 Å². The highest BCUT2D eigenvalue weighted by Gasteiger charge is 2.36. The van der Waals surface area contributed by atoms with Gasteiger partial charge in [0, 0.05) is 59.2 Å². The molecular formula is C21H19N3O5. The van der Waals surface area contributed by atoms with Crippen LogP contribution in [0.4, 0.5) is 0 Å². The van der Waals surface area contributed by atoms with Crippen LogP contribution in [0.5, 0.6) is 0 Å². The van der Waals surface area contributed by atoms with E-state index in [0.717, 1.165) is 19.6 Å². The molecule has 3 aliphatic rings. The summed E-state index contributed by atoms with van der Waals surface area (Å²) in [4.78, 5) is 54.1. The summed E-state index contributed by atoms with van der Waals surface area (Å²) in [5, 5.41) is 3.09. The molecule has 3 aliphatic heterocycles. The fraction of sp³-hybridized carbons (Fsp3) is 0.333. The first-order valence-corrected chi connectivity index (χ1v) is 9.68. The quantitative estimate of drug-likeness (QED) is 0.780. The molecule has 0 saturated carbocycles. The van der Waals surface area contributed by atoms with Crippen molar-refractivity contribution in [1.82, 2.24) is 15.1 Å². The van der Waals surface area contributed by atoms with Gasteiger partial charge < -0.3 is 4.74 Å². The molecular weight excluding hydrogens is 374 g/mol. The number of nitrogens with zero attached hydrogens (tertiary/aromatic N) is 2. The van der Waals surface area contributed by atoms with E-state index in [0.29, 0.717) is 59.2 Å². The number of imide groups is 2. The lowest BCUT2D eigenvalue weighted by atomic mass is 9.86. The van der Waals surface area contributed by atoms with E-state index >= 15 is 0 Å². The first-order valence-electron chi connectivity index (χ1n) is 9.68. The molecule has 5 rings (SSSR count). The minimum Gasteiger partial charge on any atom is -0.379 e. The van der Waals surface area contributed by atoms with E-state index < -0.39 is 11.8 Å². The van der Waals surface area contributed by atoms with Gasteiger partial charge in [-0.15, -0.1) is 0 Å². The van der Waals surface area contributed by atoms with E-state index in [1.54, 1.807) is 24.3 Å². The SMILES string of the molecule is O=C1NC(=O)c2ccc3c4c(ccc1c24)C(=O)N(CCCN1CCOCC1)C3=O. The molecule has 4 amide bonds. The molecule has 8 nitrogen and oxygen atoms in total. The average Bonchev–Trinajstić information content (AvgIpc) is 2.73. The van der Waals surface area contributed by atoms with Crippen molar-refractivity contribution in [3.63, 3.8) is 0 Å². The third kappa shape index (κ3) is 2.75. The predicted molar refractivity (Wildman–Crippen MR) is 103 cm³/mol. The Hall–Kier alpha value is -3.10. The van der Waals surface area contributed by atoms with Gasteiger partial charge in [-0.1, -0.05) is 0 Å². The van der Waals surface area contributed by atoms with Gasteiger partial charge in [0.2, 0.25) is 0 Å². The molecule has 148 valence electrons. The van der Waals surface area contributed by atoms with Crippen LogP contribution in [0, 0.1) is 0 Å². The number of morpholine rings is 1. The molecule has 0 spiro atoms. The number of benzene rings is 2. The number of ether oxygens (including phenoxy) is 1. The summed E-state index contributed by atoms with van der Waals surface area (Å²) >= 11 is 0. The average molecular weight is 393 g/mol. The van der Waals surface area contributed by atoms with Crippen LogP contribution in [0.3, 0.4) is 0 Å². The maximum Gasteiger partial charge on any atom is 0.261 e. The first kappa shape index (κ1) is 18.0. The van der Waals surface area contributed by atoms with Gasteiger partial charge in [0.25, 0.3) is 23.6 Å². The second-order valence-corrected chi connectivity index (χ2v) is 7.42. The van der Waals surface area contributed by atoms with Crippen LogP contribution in [0.2, 0.25) is 0 Å². The van der Waals surface area contributed by atoms with Crippen LogP contribution >= 0.6 is 0 Å². The minimum atomic E-state index is -0.515. The fourth-order valence-electron chi connectivity index (χ4n) is 4.33. The van der Waals surface area contributed by atoms with Gasteiger partial charge >= 0.3 is 0 Å². The zero-order chi connectivity index (χ0) is 20.1. The Balaban J connectivity index is 1.48. The van der Waals surface area contributed by atoms with Crippen molar-refractivity contribution in [1.29, 1.82) is 0 Å². The summed E-state index contributed by atoms with van der Waals surface area (Å²) in [6.45, 7) is 4.22. The van der Waals surface area contributed by atoms with Crippen LogP contribution in [-0.4, -0.2) is 72.8 Å². The zero-order valence-corrected chi connectivity index (χ0v) is 15.7. The second kappa shape index (κ2) is 6.75. The van der Waals surface area contributed by atoms with Crippen molar-refractivity contribution in [2.75, 3.05) is 39.4 Å². The van der Waals surface area contributed by atoms with Crippen molar-refractivity contribution >= 4 is 34.4 Å². The summed E-state index contributed by atoms with van der Waals surface area (Å²) in [6, 6.07) is 6.24. The Morgan fingerprint density at radius 2 is 1.28 bits per heavy atom. The van der Waals surface area contributed by atoms with E-state index in [1.807, 2.05) is 0 Å². The smallest absolute Gasteiger partial charge is 0.261 e. The molecule has 0 radical (unpaired) electrons. The van der Waals surface area contributed by atoms with Crippen molar-refractivity contribution in [3.8, 4) is 0 Å². The van der Waals surface area contributed by atoms with Crippen molar-refractivity contribution < 1.29 is 23.9 Å². The Kier molecular flexibility index (Phi) is 4.18. The van der Waals surface area contributed by atoms with Gasteiger partial charge in [-0.05, 0) is 30.7 Å². The van der Waals surface area contributed by atoms with Crippen LogP contribution in [0.25, 0.3) is 10.8 Å². The molecule has 3 heterocycles. The van der Waals surface area contributed by atoms with Crippen LogP contribution in [0.1, 0.15) is 47.9 Å². The molecule has 0 unspecified atom stereocenters. The molecule has 2 aromatic carbocycles.